The predicted octanol–water partition coefficient (Wildman–Crippen LogP) is 6.17. The Kier molecular flexibility index (Phi) is 7.75. The molecular formula is C30H27FN2O3. The zero-order chi connectivity index (χ0) is 25.5. The number of halogens is 1. The summed E-state index contributed by atoms with van der Waals surface area (Å²) in [6.45, 7) is 2.20. The number of nitrogens with one attached hydrogen (secondary N) is 1. The number of rotatable bonds is 8. The maximum absolute atomic E-state index is 13.6. The van der Waals surface area contributed by atoms with Gasteiger partial charge in [0, 0.05) is 16.9 Å². The molecule has 36 heavy (non-hydrogen) atoms. The molecule has 0 fully saturated rings. The zero-order valence-corrected chi connectivity index (χ0v) is 20.2. The van der Waals surface area contributed by atoms with E-state index in [0.29, 0.717) is 17.0 Å². The SMILES string of the molecule is COc1cccc(C(=O)N(Cc2ccc(F)cc2)c2cccc(CC(=O)Nc3cccc(C)c3)c2)c1. The molecule has 0 saturated heterocycles. The first-order chi connectivity index (χ1) is 17.4. The molecule has 0 aliphatic rings. The van der Waals surface area contributed by atoms with Gasteiger partial charge in [-0.3, -0.25) is 9.59 Å². The topological polar surface area (TPSA) is 58.6 Å². The molecule has 0 spiro atoms. The van der Waals surface area contributed by atoms with Gasteiger partial charge in [-0.2, -0.15) is 0 Å². The summed E-state index contributed by atoms with van der Waals surface area (Å²) in [5.41, 5.74) is 4.42. The van der Waals surface area contributed by atoms with Crippen molar-refractivity contribution in [1.29, 1.82) is 0 Å². The summed E-state index contributed by atoms with van der Waals surface area (Å²) in [4.78, 5) is 27.9. The highest BCUT2D eigenvalue weighted by molar-refractivity contribution is 6.06. The molecule has 182 valence electrons. The molecule has 5 nitrogen and oxygen atoms in total. The van der Waals surface area contributed by atoms with Crippen molar-refractivity contribution in [2.24, 2.45) is 0 Å². The molecule has 6 heteroatoms. The van der Waals surface area contributed by atoms with Crippen LogP contribution in [0.4, 0.5) is 15.8 Å². The molecule has 0 unspecified atom stereocenters. The smallest absolute Gasteiger partial charge is 0.258 e. The second-order valence-electron chi connectivity index (χ2n) is 8.51. The number of anilines is 2. The molecule has 4 aromatic rings. The van der Waals surface area contributed by atoms with E-state index < -0.39 is 0 Å². The third-order valence-corrected chi connectivity index (χ3v) is 5.70. The molecule has 0 heterocycles. The summed E-state index contributed by atoms with van der Waals surface area (Å²) in [6, 6.07) is 27.9. The quantitative estimate of drug-likeness (QED) is 0.327. The molecule has 0 aromatic heterocycles. The van der Waals surface area contributed by atoms with E-state index in [1.54, 1.807) is 48.4 Å². The van der Waals surface area contributed by atoms with Gasteiger partial charge < -0.3 is 15.0 Å². The van der Waals surface area contributed by atoms with Crippen LogP contribution in [0.25, 0.3) is 0 Å². The highest BCUT2D eigenvalue weighted by Crippen LogP contribution is 2.24. The van der Waals surface area contributed by atoms with Gasteiger partial charge in [0.15, 0.2) is 0 Å². The van der Waals surface area contributed by atoms with Crippen molar-refractivity contribution >= 4 is 23.2 Å². The standard InChI is InChI=1S/C30H27FN2O3/c1-21-6-3-9-26(16-21)32-29(34)18-23-7-4-10-27(17-23)33(20-22-12-14-25(31)15-13-22)30(35)24-8-5-11-28(19-24)36-2/h3-17,19H,18,20H2,1-2H3,(H,32,34). The van der Waals surface area contributed by atoms with Crippen LogP contribution in [0.2, 0.25) is 0 Å². The Morgan fingerprint density at radius 2 is 1.61 bits per heavy atom. The van der Waals surface area contributed by atoms with Crippen LogP contribution in [0.5, 0.6) is 5.75 Å². The van der Waals surface area contributed by atoms with Crippen LogP contribution in [0.1, 0.15) is 27.0 Å². The summed E-state index contributed by atoms with van der Waals surface area (Å²) < 4.78 is 18.8. The first-order valence-electron chi connectivity index (χ1n) is 11.6. The molecule has 1 N–H and O–H groups in total. The number of ether oxygens (including phenoxy) is 1. The number of aryl methyl sites for hydroxylation is 1. The summed E-state index contributed by atoms with van der Waals surface area (Å²) in [7, 11) is 1.55. The average molecular weight is 483 g/mol. The van der Waals surface area contributed by atoms with Gasteiger partial charge in [0.1, 0.15) is 11.6 Å². The van der Waals surface area contributed by atoms with Gasteiger partial charge in [-0.05, 0) is 78.2 Å². The fourth-order valence-corrected chi connectivity index (χ4v) is 3.91. The summed E-state index contributed by atoms with van der Waals surface area (Å²) in [5, 5.41) is 2.92. The second kappa shape index (κ2) is 11.3. The van der Waals surface area contributed by atoms with E-state index in [9.17, 15) is 14.0 Å². The van der Waals surface area contributed by atoms with Gasteiger partial charge in [-0.1, -0.05) is 42.5 Å². The van der Waals surface area contributed by atoms with E-state index in [1.807, 2.05) is 55.5 Å². The average Bonchev–Trinajstić information content (AvgIpc) is 2.88. The lowest BCUT2D eigenvalue weighted by molar-refractivity contribution is -0.115. The summed E-state index contributed by atoms with van der Waals surface area (Å²) in [6.07, 6.45) is 0.152. The molecule has 0 radical (unpaired) electrons. The Labute approximate surface area is 210 Å². The number of hydrogen-bond donors (Lipinski definition) is 1. The molecule has 0 atom stereocenters. The molecule has 0 aliphatic carbocycles. The highest BCUT2D eigenvalue weighted by atomic mass is 19.1. The van der Waals surface area contributed by atoms with E-state index in [0.717, 1.165) is 22.4 Å². The van der Waals surface area contributed by atoms with Crippen LogP contribution < -0.4 is 15.0 Å². The minimum Gasteiger partial charge on any atom is -0.497 e. The maximum atomic E-state index is 13.6. The largest absolute Gasteiger partial charge is 0.497 e. The molecule has 2 amide bonds. The zero-order valence-electron chi connectivity index (χ0n) is 20.2. The molecular weight excluding hydrogens is 455 g/mol. The number of benzene rings is 4. The Morgan fingerprint density at radius 1 is 0.861 bits per heavy atom. The van der Waals surface area contributed by atoms with Crippen LogP contribution in [0.15, 0.2) is 97.1 Å². The fourth-order valence-electron chi connectivity index (χ4n) is 3.91. The Balaban J connectivity index is 1.60. The second-order valence-corrected chi connectivity index (χ2v) is 8.51. The molecule has 0 bridgehead atoms. The van der Waals surface area contributed by atoms with Crippen molar-refractivity contribution in [2.75, 3.05) is 17.3 Å². The number of carbonyl (C=O) groups is 2. The third kappa shape index (κ3) is 6.36. The van der Waals surface area contributed by atoms with Crippen molar-refractivity contribution < 1.29 is 18.7 Å². The van der Waals surface area contributed by atoms with Crippen molar-refractivity contribution in [3.63, 3.8) is 0 Å². The van der Waals surface area contributed by atoms with Gasteiger partial charge in [-0.15, -0.1) is 0 Å². The van der Waals surface area contributed by atoms with Gasteiger partial charge in [0.2, 0.25) is 5.91 Å². The molecule has 4 rings (SSSR count). The van der Waals surface area contributed by atoms with Crippen LogP contribution in [-0.4, -0.2) is 18.9 Å². The first-order valence-corrected chi connectivity index (χ1v) is 11.6. The normalized spacial score (nSPS) is 10.5. The van der Waals surface area contributed by atoms with Crippen molar-refractivity contribution in [3.05, 3.63) is 125 Å². The first kappa shape index (κ1) is 24.7. The number of amides is 2. The highest BCUT2D eigenvalue weighted by Gasteiger charge is 2.20. The minimum absolute atomic E-state index is 0.151. The minimum atomic E-state index is -0.342. The lowest BCUT2D eigenvalue weighted by Crippen LogP contribution is -2.30. The van der Waals surface area contributed by atoms with Crippen LogP contribution in [0.3, 0.4) is 0 Å². The van der Waals surface area contributed by atoms with Crippen LogP contribution in [-0.2, 0) is 17.8 Å². The monoisotopic (exact) mass is 482 g/mol. The Bertz CT molecular complexity index is 1370. The van der Waals surface area contributed by atoms with Crippen molar-refractivity contribution in [3.8, 4) is 5.75 Å². The molecule has 0 aliphatic heterocycles. The van der Waals surface area contributed by atoms with E-state index >= 15 is 0 Å². The van der Waals surface area contributed by atoms with E-state index in [4.69, 9.17) is 4.74 Å². The van der Waals surface area contributed by atoms with Gasteiger partial charge in [0.05, 0.1) is 20.1 Å². The predicted molar refractivity (Wildman–Crippen MR) is 140 cm³/mol. The molecule has 4 aromatic carbocycles. The number of nitrogens with zero attached hydrogens (tertiary/aromatic N) is 1. The Morgan fingerprint density at radius 3 is 2.36 bits per heavy atom. The van der Waals surface area contributed by atoms with Crippen LogP contribution >= 0.6 is 0 Å². The fraction of sp³-hybridized carbons (Fsp3) is 0.133. The summed E-state index contributed by atoms with van der Waals surface area (Å²) >= 11 is 0. The third-order valence-electron chi connectivity index (χ3n) is 5.70. The molecule has 0 saturated carbocycles. The Hall–Kier alpha value is -4.45. The number of carbonyl (C=O) groups excluding carboxylic acids is 2. The van der Waals surface area contributed by atoms with Gasteiger partial charge in [-0.25, -0.2) is 4.39 Å². The maximum Gasteiger partial charge on any atom is 0.258 e. The van der Waals surface area contributed by atoms with E-state index in [2.05, 4.69) is 5.32 Å². The van der Waals surface area contributed by atoms with Crippen molar-refractivity contribution in [1.82, 2.24) is 0 Å². The lowest BCUT2D eigenvalue weighted by atomic mass is 10.1. The number of hydrogen-bond acceptors (Lipinski definition) is 3. The van der Waals surface area contributed by atoms with E-state index in [1.165, 1.54) is 12.1 Å². The summed E-state index contributed by atoms with van der Waals surface area (Å²) in [5.74, 6) is -0.156. The van der Waals surface area contributed by atoms with Crippen LogP contribution in [0, 0.1) is 12.7 Å². The van der Waals surface area contributed by atoms with Gasteiger partial charge >= 0.3 is 0 Å². The van der Waals surface area contributed by atoms with E-state index in [-0.39, 0.29) is 30.6 Å². The van der Waals surface area contributed by atoms with Gasteiger partial charge in [0.25, 0.3) is 5.91 Å². The number of methoxy groups -OCH3 is 1. The lowest BCUT2D eigenvalue weighted by Gasteiger charge is -2.24. The van der Waals surface area contributed by atoms with Crippen molar-refractivity contribution in [2.45, 2.75) is 19.9 Å².